The van der Waals surface area contributed by atoms with Gasteiger partial charge in [0, 0.05) is 50.3 Å². The highest BCUT2D eigenvalue weighted by atomic mass is 79.9. The molecule has 0 spiro atoms. The van der Waals surface area contributed by atoms with Gasteiger partial charge in [-0.05, 0) is 31.2 Å². The number of benzene rings is 1. The molecule has 4 heteroatoms. The van der Waals surface area contributed by atoms with Crippen LogP contribution in [0.1, 0.15) is 11.1 Å². The smallest absolute Gasteiger partial charge is 0.0231 e. The van der Waals surface area contributed by atoms with E-state index in [2.05, 4.69) is 63.2 Å². The Morgan fingerprint density at radius 2 is 2.05 bits per heavy atom. The zero-order valence-corrected chi connectivity index (χ0v) is 13.5. The maximum absolute atomic E-state index is 3.60. The predicted molar refractivity (Wildman–Crippen MR) is 84.5 cm³/mol. The second-order valence-corrected chi connectivity index (χ2v) is 6.27. The van der Waals surface area contributed by atoms with E-state index in [9.17, 15) is 0 Å². The summed E-state index contributed by atoms with van der Waals surface area (Å²) in [5.41, 5.74) is 2.67. The lowest BCUT2D eigenvalue weighted by molar-refractivity contribution is 0.202. The molecule has 0 atom stereocenters. The maximum Gasteiger partial charge on any atom is 0.0231 e. The van der Waals surface area contributed by atoms with Crippen molar-refractivity contribution in [3.8, 4) is 0 Å². The summed E-state index contributed by atoms with van der Waals surface area (Å²) < 4.78 is 1.21. The highest BCUT2D eigenvalue weighted by molar-refractivity contribution is 9.10. The lowest BCUT2D eigenvalue weighted by atomic mass is 10.1. The van der Waals surface area contributed by atoms with Crippen LogP contribution in [0.25, 0.3) is 0 Å². The van der Waals surface area contributed by atoms with Gasteiger partial charge in [0.25, 0.3) is 0 Å². The van der Waals surface area contributed by atoms with Gasteiger partial charge in [-0.15, -0.1) is 0 Å². The largest absolute Gasteiger partial charge is 0.314 e. The van der Waals surface area contributed by atoms with E-state index < -0.39 is 0 Å². The summed E-state index contributed by atoms with van der Waals surface area (Å²) in [7, 11) is 2.20. The van der Waals surface area contributed by atoms with Crippen LogP contribution in [0.15, 0.2) is 22.7 Å². The van der Waals surface area contributed by atoms with Crippen molar-refractivity contribution in [1.29, 1.82) is 0 Å². The molecule has 1 N–H and O–H groups in total. The van der Waals surface area contributed by atoms with Gasteiger partial charge in [-0.1, -0.05) is 28.1 Å². The molecule has 1 aliphatic heterocycles. The van der Waals surface area contributed by atoms with Crippen LogP contribution in [-0.2, 0) is 6.54 Å². The van der Waals surface area contributed by atoms with E-state index in [1.165, 1.54) is 35.2 Å². The van der Waals surface area contributed by atoms with E-state index in [0.29, 0.717) is 0 Å². The van der Waals surface area contributed by atoms with Crippen LogP contribution in [0.2, 0.25) is 0 Å². The SMILES string of the molecule is Cc1ccc(CN(C)CCN2CCNCC2)cc1Br. The number of hydrogen-bond donors (Lipinski definition) is 1. The summed E-state index contributed by atoms with van der Waals surface area (Å²) >= 11 is 3.60. The molecule has 0 aliphatic carbocycles. The average Bonchev–Trinajstić information content (AvgIpc) is 2.42. The van der Waals surface area contributed by atoms with Crippen molar-refractivity contribution in [1.82, 2.24) is 15.1 Å². The van der Waals surface area contributed by atoms with Crippen LogP contribution >= 0.6 is 15.9 Å². The zero-order chi connectivity index (χ0) is 13.7. The standard InChI is InChI=1S/C15H24BrN3/c1-13-3-4-14(11-15(13)16)12-18(2)9-10-19-7-5-17-6-8-19/h3-4,11,17H,5-10,12H2,1-2H3. The third kappa shape index (κ3) is 4.88. The van der Waals surface area contributed by atoms with Gasteiger partial charge in [0.15, 0.2) is 0 Å². The Kier molecular flexibility index (Phi) is 5.82. The van der Waals surface area contributed by atoms with E-state index >= 15 is 0 Å². The first-order valence-corrected chi connectivity index (χ1v) is 7.81. The molecule has 0 amide bonds. The highest BCUT2D eigenvalue weighted by Crippen LogP contribution is 2.18. The van der Waals surface area contributed by atoms with Gasteiger partial charge in [0.2, 0.25) is 0 Å². The fourth-order valence-corrected chi connectivity index (χ4v) is 2.80. The summed E-state index contributed by atoms with van der Waals surface area (Å²) in [4.78, 5) is 4.94. The van der Waals surface area contributed by atoms with Crippen LogP contribution in [0, 0.1) is 6.92 Å². The van der Waals surface area contributed by atoms with Crippen molar-refractivity contribution in [2.45, 2.75) is 13.5 Å². The van der Waals surface area contributed by atoms with E-state index in [1.807, 2.05) is 0 Å². The van der Waals surface area contributed by atoms with Crippen molar-refractivity contribution < 1.29 is 0 Å². The molecule has 0 radical (unpaired) electrons. The summed E-state index contributed by atoms with van der Waals surface area (Å²) in [6, 6.07) is 6.64. The second kappa shape index (κ2) is 7.39. The topological polar surface area (TPSA) is 18.5 Å². The monoisotopic (exact) mass is 325 g/mol. The summed E-state index contributed by atoms with van der Waals surface area (Å²) in [5.74, 6) is 0. The fourth-order valence-electron chi connectivity index (χ4n) is 2.37. The van der Waals surface area contributed by atoms with Crippen molar-refractivity contribution in [2.75, 3.05) is 46.3 Å². The minimum Gasteiger partial charge on any atom is -0.314 e. The number of hydrogen-bond acceptors (Lipinski definition) is 3. The van der Waals surface area contributed by atoms with Gasteiger partial charge >= 0.3 is 0 Å². The second-order valence-electron chi connectivity index (χ2n) is 5.41. The predicted octanol–water partition coefficient (Wildman–Crippen LogP) is 2.09. The number of likely N-dealkylation sites (N-methyl/N-ethyl adjacent to an activating group) is 1. The molecule has 106 valence electrons. The molecule has 19 heavy (non-hydrogen) atoms. The molecule has 0 bridgehead atoms. The lowest BCUT2D eigenvalue weighted by Crippen LogP contribution is -2.45. The minimum atomic E-state index is 1.02. The van der Waals surface area contributed by atoms with Crippen molar-refractivity contribution in [3.63, 3.8) is 0 Å². The Bertz CT molecular complexity index is 402. The van der Waals surface area contributed by atoms with Gasteiger partial charge in [0.1, 0.15) is 0 Å². The van der Waals surface area contributed by atoms with Gasteiger partial charge < -0.3 is 10.2 Å². The van der Waals surface area contributed by atoms with Crippen molar-refractivity contribution >= 4 is 15.9 Å². The Balaban J connectivity index is 1.76. The summed E-state index contributed by atoms with van der Waals surface area (Å²) in [6.07, 6.45) is 0. The number of aryl methyl sites for hydroxylation is 1. The third-order valence-corrected chi connectivity index (χ3v) is 4.55. The van der Waals surface area contributed by atoms with Gasteiger partial charge in [-0.3, -0.25) is 4.90 Å². The van der Waals surface area contributed by atoms with Crippen LogP contribution < -0.4 is 5.32 Å². The Morgan fingerprint density at radius 3 is 2.74 bits per heavy atom. The average molecular weight is 326 g/mol. The first-order valence-electron chi connectivity index (χ1n) is 7.02. The molecule has 0 aromatic heterocycles. The van der Waals surface area contributed by atoms with Crippen molar-refractivity contribution in [3.05, 3.63) is 33.8 Å². The van der Waals surface area contributed by atoms with E-state index in [4.69, 9.17) is 0 Å². The van der Waals surface area contributed by atoms with Crippen LogP contribution in [0.5, 0.6) is 0 Å². The van der Waals surface area contributed by atoms with E-state index in [0.717, 1.165) is 26.2 Å². The lowest BCUT2D eigenvalue weighted by Gasteiger charge is -2.29. The molecule has 2 rings (SSSR count). The van der Waals surface area contributed by atoms with Crippen LogP contribution in [0.3, 0.4) is 0 Å². The quantitative estimate of drug-likeness (QED) is 0.894. The molecule has 1 aromatic rings. The number of nitrogens with zero attached hydrogens (tertiary/aromatic N) is 2. The highest BCUT2D eigenvalue weighted by Gasteiger charge is 2.10. The van der Waals surface area contributed by atoms with E-state index in [-0.39, 0.29) is 0 Å². The summed E-state index contributed by atoms with van der Waals surface area (Å²) in [5, 5.41) is 3.39. The van der Waals surface area contributed by atoms with Crippen molar-refractivity contribution in [2.24, 2.45) is 0 Å². The Hall–Kier alpha value is -0.420. The van der Waals surface area contributed by atoms with Gasteiger partial charge in [0.05, 0.1) is 0 Å². The molecular formula is C15H24BrN3. The molecule has 1 saturated heterocycles. The molecule has 1 aromatic carbocycles. The summed E-state index contributed by atoms with van der Waals surface area (Å²) in [6.45, 7) is 10.1. The van der Waals surface area contributed by atoms with E-state index in [1.54, 1.807) is 0 Å². The molecule has 0 unspecified atom stereocenters. The molecule has 1 aliphatic rings. The van der Waals surface area contributed by atoms with Crippen LogP contribution in [-0.4, -0.2) is 56.1 Å². The number of nitrogens with one attached hydrogen (secondary N) is 1. The Labute approximate surface area is 125 Å². The number of piperazine rings is 1. The van der Waals surface area contributed by atoms with Crippen LogP contribution in [0.4, 0.5) is 0 Å². The molecule has 3 nitrogen and oxygen atoms in total. The minimum absolute atomic E-state index is 1.02. The maximum atomic E-state index is 3.60. The fraction of sp³-hybridized carbons (Fsp3) is 0.600. The first-order chi connectivity index (χ1) is 9.15. The normalized spacial score (nSPS) is 17.1. The third-order valence-electron chi connectivity index (χ3n) is 3.70. The molecule has 1 fully saturated rings. The van der Waals surface area contributed by atoms with Gasteiger partial charge in [-0.2, -0.15) is 0 Å². The molecule has 0 saturated carbocycles. The molecular weight excluding hydrogens is 302 g/mol. The molecule has 1 heterocycles. The van der Waals surface area contributed by atoms with Gasteiger partial charge in [-0.25, -0.2) is 0 Å². The number of rotatable bonds is 5. The number of halogens is 1. The zero-order valence-electron chi connectivity index (χ0n) is 12.0. The first kappa shape index (κ1) is 15.0. The Morgan fingerprint density at radius 1 is 1.32 bits per heavy atom.